The van der Waals surface area contributed by atoms with Crippen LogP contribution in [0.5, 0.6) is 0 Å². The predicted molar refractivity (Wildman–Crippen MR) is 108 cm³/mol. The van der Waals surface area contributed by atoms with E-state index in [0.29, 0.717) is 5.96 Å². The van der Waals surface area contributed by atoms with Crippen LogP contribution in [0.25, 0.3) is 0 Å². The molecule has 0 amide bonds. The number of nitrogens with two attached hydrogens (primary N) is 1. The Balaban J connectivity index is 1.30. The maximum atomic E-state index is 6.18. The fourth-order valence-electron chi connectivity index (χ4n) is 4.14. The first-order chi connectivity index (χ1) is 13.2. The highest BCUT2D eigenvalue weighted by atomic mass is 15.6. The van der Waals surface area contributed by atoms with Crippen molar-refractivity contribution in [2.45, 2.75) is 32.5 Å². The third kappa shape index (κ3) is 2.91. The van der Waals surface area contributed by atoms with Crippen LogP contribution in [0, 0.1) is 6.92 Å². The van der Waals surface area contributed by atoms with Gasteiger partial charge in [-0.2, -0.15) is 0 Å². The van der Waals surface area contributed by atoms with Gasteiger partial charge in [-0.25, -0.2) is 20.4 Å². The number of rotatable bonds is 3. The average molecular weight is 360 g/mol. The topological polar surface area (TPSA) is 69.2 Å². The fourth-order valence-corrected chi connectivity index (χ4v) is 4.14. The summed E-state index contributed by atoms with van der Waals surface area (Å²) < 4.78 is 0. The van der Waals surface area contributed by atoms with Gasteiger partial charge in [0.2, 0.25) is 5.96 Å². The van der Waals surface area contributed by atoms with Crippen molar-refractivity contribution in [3.63, 3.8) is 0 Å². The third-order valence-electron chi connectivity index (χ3n) is 5.63. The lowest BCUT2D eigenvalue weighted by molar-refractivity contribution is 0.234. The van der Waals surface area contributed by atoms with E-state index >= 15 is 0 Å². The Morgan fingerprint density at radius 2 is 2.00 bits per heavy atom. The van der Waals surface area contributed by atoms with Crippen LogP contribution in [0.1, 0.15) is 28.7 Å². The van der Waals surface area contributed by atoms with Crippen molar-refractivity contribution in [1.82, 2.24) is 15.3 Å². The van der Waals surface area contributed by atoms with E-state index in [9.17, 15) is 0 Å². The van der Waals surface area contributed by atoms with Gasteiger partial charge in [-0.3, -0.25) is 4.90 Å². The molecule has 3 heterocycles. The lowest BCUT2D eigenvalue weighted by atomic mass is 10.00. The number of hydrogen-bond acceptors (Lipinski definition) is 6. The first kappa shape index (κ1) is 16.5. The molecule has 1 atom stereocenters. The van der Waals surface area contributed by atoms with Gasteiger partial charge in [-0.05, 0) is 42.5 Å². The minimum Gasteiger partial charge on any atom is -0.368 e. The van der Waals surface area contributed by atoms with Gasteiger partial charge in [0, 0.05) is 25.2 Å². The SMILES string of the molecule is Cc1cccc2c1N=C(N)N1NC(CCN3CCc4ccccc4C3)N=C21. The van der Waals surface area contributed by atoms with E-state index in [2.05, 4.69) is 58.6 Å². The van der Waals surface area contributed by atoms with Gasteiger partial charge in [0.15, 0.2) is 5.84 Å². The number of nitrogens with zero attached hydrogens (tertiary/aromatic N) is 4. The second kappa shape index (κ2) is 6.48. The summed E-state index contributed by atoms with van der Waals surface area (Å²) in [5, 5.41) is 1.83. The van der Waals surface area contributed by atoms with Gasteiger partial charge < -0.3 is 5.73 Å². The lowest BCUT2D eigenvalue weighted by Crippen LogP contribution is -2.50. The number of guanidine groups is 1. The van der Waals surface area contributed by atoms with E-state index in [1.165, 1.54) is 11.1 Å². The summed E-state index contributed by atoms with van der Waals surface area (Å²) in [5.41, 5.74) is 15.6. The van der Waals surface area contributed by atoms with Gasteiger partial charge in [0.1, 0.15) is 6.17 Å². The molecule has 1 unspecified atom stereocenters. The number of aryl methyl sites for hydroxylation is 1. The molecule has 6 nitrogen and oxygen atoms in total. The van der Waals surface area contributed by atoms with Crippen LogP contribution in [0.2, 0.25) is 0 Å². The molecule has 0 aliphatic carbocycles. The standard InChI is InChI=1S/C21H24N6/c1-14-5-4-8-17-19(14)24-21(22)27-20(17)23-18(25-27)10-12-26-11-9-15-6-2-3-7-16(15)13-26/h2-8,18,25H,9-13H2,1H3,(H2,22,24). The van der Waals surface area contributed by atoms with Crippen LogP contribution < -0.4 is 11.2 Å². The molecule has 0 radical (unpaired) electrons. The number of para-hydroxylation sites is 1. The number of amidine groups is 1. The molecular weight excluding hydrogens is 336 g/mol. The Morgan fingerprint density at radius 1 is 1.15 bits per heavy atom. The summed E-state index contributed by atoms with van der Waals surface area (Å²) in [4.78, 5) is 12.0. The molecule has 138 valence electrons. The highest BCUT2D eigenvalue weighted by Crippen LogP contribution is 2.31. The van der Waals surface area contributed by atoms with Crippen LogP contribution in [-0.4, -0.2) is 41.0 Å². The Hall–Kier alpha value is -2.70. The Morgan fingerprint density at radius 3 is 2.89 bits per heavy atom. The molecular formula is C21H24N6. The number of hydrazine groups is 1. The molecule has 2 aromatic carbocycles. The molecule has 2 aromatic rings. The highest BCUT2D eigenvalue weighted by Gasteiger charge is 2.33. The van der Waals surface area contributed by atoms with E-state index < -0.39 is 0 Å². The van der Waals surface area contributed by atoms with E-state index in [-0.39, 0.29) is 6.17 Å². The summed E-state index contributed by atoms with van der Waals surface area (Å²) in [6, 6.07) is 14.9. The summed E-state index contributed by atoms with van der Waals surface area (Å²) in [6.07, 6.45) is 2.09. The normalized spacial score (nSPS) is 21.2. The first-order valence-corrected chi connectivity index (χ1v) is 9.56. The van der Waals surface area contributed by atoms with Crippen molar-refractivity contribution < 1.29 is 0 Å². The summed E-state index contributed by atoms with van der Waals surface area (Å²) in [6.45, 7) is 5.19. The maximum Gasteiger partial charge on any atom is 0.217 e. The highest BCUT2D eigenvalue weighted by molar-refractivity contribution is 6.15. The smallest absolute Gasteiger partial charge is 0.217 e. The van der Waals surface area contributed by atoms with Crippen molar-refractivity contribution in [3.8, 4) is 0 Å². The molecule has 5 rings (SSSR count). The second-order valence-electron chi connectivity index (χ2n) is 7.46. The van der Waals surface area contributed by atoms with Gasteiger partial charge in [-0.15, -0.1) is 0 Å². The number of fused-ring (bicyclic) bond motifs is 4. The second-order valence-corrected chi connectivity index (χ2v) is 7.46. The molecule has 6 heteroatoms. The molecule has 3 aliphatic heterocycles. The monoisotopic (exact) mass is 360 g/mol. The summed E-state index contributed by atoms with van der Waals surface area (Å²) >= 11 is 0. The van der Waals surface area contributed by atoms with Crippen molar-refractivity contribution in [1.29, 1.82) is 0 Å². The van der Waals surface area contributed by atoms with Crippen LogP contribution in [0.3, 0.4) is 0 Å². The van der Waals surface area contributed by atoms with E-state index in [1.54, 1.807) is 0 Å². The molecule has 0 saturated heterocycles. The molecule has 0 fully saturated rings. The number of aliphatic imine (C=N–C) groups is 2. The van der Waals surface area contributed by atoms with Crippen LogP contribution >= 0.6 is 0 Å². The van der Waals surface area contributed by atoms with Gasteiger partial charge in [0.05, 0.1) is 5.69 Å². The quantitative estimate of drug-likeness (QED) is 0.881. The van der Waals surface area contributed by atoms with Crippen LogP contribution in [-0.2, 0) is 13.0 Å². The van der Waals surface area contributed by atoms with Gasteiger partial charge in [-0.1, -0.05) is 36.4 Å². The Bertz CT molecular complexity index is 947. The molecule has 0 saturated carbocycles. The minimum atomic E-state index is 0.0254. The zero-order valence-corrected chi connectivity index (χ0v) is 15.5. The largest absolute Gasteiger partial charge is 0.368 e. The van der Waals surface area contributed by atoms with Crippen LogP contribution in [0.15, 0.2) is 52.4 Å². The first-order valence-electron chi connectivity index (χ1n) is 9.56. The molecule has 3 N–H and O–H groups in total. The van der Waals surface area contributed by atoms with E-state index in [0.717, 1.165) is 55.1 Å². The van der Waals surface area contributed by atoms with Crippen molar-refractivity contribution in [2.24, 2.45) is 15.7 Å². The minimum absolute atomic E-state index is 0.0254. The molecule has 27 heavy (non-hydrogen) atoms. The zero-order chi connectivity index (χ0) is 18.4. The lowest BCUT2D eigenvalue weighted by Gasteiger charge is -2.29. The fraction of sp³-hybridized carbons (Fsp3) is 0.333. The third-order valence-corrected chi connectivity index (χ3v) is 5.63. The number of nitrogens with one attached hydrogen (secondary N) is 1. The van der Waals surface area contributed by atoms with Crippen LogP contribution in [0.4, 0.5) is 5.69 Å². The molecule has 0 spiro atoms. The maximum absolute atomic E-state index is 6.18. The number of hydrogen-bond donors (Lipinski definition) is 2. The number of benzene rings is 2. The van der Waals surface area contributed by atoms with Crippen molar-refractivity contribution >= 4 is 17.5 Å². The summed E-state index contributed by atoms with van der Waals surface area (Å²) in [7, 11) is 0. The average Bonchev–Trinajstić information content (AvgIpc) is 3.13. The Kier molecular flexibility index (Phi) is 3.95. The zero-order valence-electron chi connectivity index (χ0n) is 15.5. The van der Waals surface area contributed by atoms with E-state index in [4.69, 9.17) is 10.7 Å². The van der Waals surface area contributed by atoms with E-state index in [1.807, 2.05) is 11.1 Å². The summed E-state index contributed by atoms with van der Waals surface area (Å²) in [5.74, 6) is 1.35. The molecule has 3 aliphatic rings. The van der Waals surface area contributed by atoms with Gasteiger partial charge >= 0.3 is 0 Å². The van der Waals surface area contributed by atoms with Gasteiger partial charge in [0.25, 0.3) is 0 Å². The Labute approximate surface area is 159 Å². The molecule has 0 aromatic heterocycles. The predicted octanol–water partition coefficient (Wildman–Crippen LogP) is 2.30. The van der Waals surface area contributed by atoms with Crippen molar-refractivity contribution in [2.75, 3.05) is 13.1 Å². The van der Waals surface area contributed by atoms with Crippen molar-refractivity contribution in [3.05, 3.63) is 64.7 Å². The molecule has 0 bridgehead atoms.